The van der Waals surface area contributed by atoms with E-state index in [4.69, 9.17) is 0 Å². The van der Waals surface area contributed by atoms with Gasteiger partial charge in [0.2, 0.25) is 0 Å². The average Bonchev–Trinajstić information content (AvgIpc) is 2.91. The first-order chi connectivity index (χ1) is 9.72. The smallest absolute Gasteiger partial charge is 0.320 e. The van der Waals surface area contributed by atoms with Gasteiger partial charge in [-0.3, -0.25) is 5.32 Å². The zero-order chi connectivity index (χ0) is 13.9. The van der Waals surface area contributed by atoms with Crippen molar-refractivity contribution in [3.8, 4) is 0 Å². The summed E-state index contributed by atoms with van der Waals surface area (Å²) in [5.41, 5.74) is 0. The van der Waals surface area contributed by atoms with Crippen LogP contribution in [0.15, 0.2) is 29.1 Å². The van der Waals surface area contributed by atoms with Gasteiger partial charge in [-0.15, -0.1) is 0 Å². The van der Waals surface area contributed by atoms with Gasteiger partial charge in [-0.25, -0.2) is 19.4 Å². The molecule has 1 aliphatic heterocycles. The van der Waals surface area contributed by atoms with Crippen LogP contribution in [-0.4, -0.2) is 25.8 Å². The minimum absolute atomic E-state index is 0.110. The number of urea groups is 1. The highest BCUT2D eigenvalue weighted by Crippen LogP contribution is 2.22. The standard InChI is InChI=1S/C12H13BrN6O/c13-8-3-4-10(14-6-8)18-12(20)17-9-2-1-5-19-11(9)15-7-16-19/h3-4,6-7,9H,1-2,5H2,(H2,14,17,18,20)/t9-/m0/s1. The van der Waals surface area contributed by atoms with Crippen LogP contribution in [0.25, 0.3) is 0 Å². The maximum absolute atomic E-state index is 12.0. The molecule has 0 saturated heterocycles. The summed E-state index contributed by atoms with van der Waals surface area (Å²) < 4.78 is 2.69. The Kier molecular flexibility index (Phi) is 3.64. The van der Waals surface area contributed by atoms with Gasteiger partial charge >= 0.3 is 6.03 Å². The second-order valence-corrected chi connectivity index (χ2v) is 5.41. The van der Waals surface area contributed by atoms with Crippen molar-refractivity contribution in [1.29, 1.82) is 0 Å². The van der Waals surface area contributed by atoms with Crippen molar-refractivity contribution in [2.45, 2.75) is 25.4 Å². The lowest BCUT2D eigenvalue weighted by Gasteiger charge is -2.23. The number of rotatable bonds is 2. The number of anilines is 1. The summed E-state index contributed by atoms with van der Waals surface area (Å²) in [6.07, 6.45) is 4.98. The molecule has 0 saturated carbocycles. The summed E-state index contributed by atoms with van der Waals surface area (Å²) in [7, 11) is 0. The molecular formula is C12H13BrN6O. The van der Waals surface area contributed by atoms with Crippen LogP contribution in [0.1, 0.15) is 24.7 Å². The highest BCUT2D eigenvalue weighted by Gasteiger charge is 2.23. The van der Waals surface area contributed by atoms with Gasteiger partial charge in [0.15, 0.2) is 0 Å². The second kappa shape index (κ2) is 5.58. The number of pyridine rings is 1. The van der Waals surface area contributed by atoms with E-state index in [1.54, 1.807) is 12.3 Å². The highest BCUT2D eigenvalue weighted by atomic mass is 79.9. The molecule has 0 aromatic carbocycles. The van der Waals surface area contributed by atoms with Crippen molar-refractivity contribution in [3.63, 3.8) is 0 Å². The zero-order valence-electron chi connectivity index (χ0n) is 10.6. The molecule has 2 N–H and O–H groups in total. The van der Waals surface area contributed by atoms with E-state index in [-0.39, 0.29) is 12.1 Å². The zero-order valence-corrected chi connectivity index (χ0v) is 12.2. The largest absolute Gasteiger partial charge is 0.328 e. The van der Waals surface area contributed by atoms with E-state index in [2.05, 4.69) is 41.6 Å². The number of carbonyl (C=O) groups excluding carboxylic acids is 1. The van der Waals surface area contributed by atoms with Crippen LogP contribution in [0.2, 0.25) is 0 Å². The summed E-state index contributed by atoms with van der Waals surface area (Å²) in [6, 6.07) is 3.15. The molecule has 0 bridgehead atoms. The van der Waals surface area contributed by atoms with Crippen LogP contribution >= 0.6 is 15.9 Å². The molecule has 20 heavy (non-hydrogen) atoms. The molecule has 3 rings (SSSR count). The van der Waals surface area contributed by atoms with Gasteiger partial charge in [0.25, 0.3) is 0 Å². The number of aryl methyl sites for hydroxylation is 1. The number of halogens is 1. The molecule has 1 aliphatic rings. The second-order valence-electron chi connectivity index (χ2n) is 4.50. The normalized spacial score (nSPS) is 17.4. The molecule has 0 unspecified atom stereocenters. The maximum Gasteiger partial charge on any atom is 0.320 e. The summed E-state index contributed by atoms with van der Waals surface area (Å²) in [4.78, 5) is 20.3. The summed E-state index contributed by atoms with van der Waals surface area (Å²) >= 11 is 3.30. The molecule has 2 aromatic rings. The van der Waals surface area contributed by atoms with E-state index in [0.29, 0.717) is 5.82 Å². The molecule has 2 aromatic heterocycles. The molecule has 0 aliphatic carbocycles. The summed E-state index contributed by atoms with van der Waals surface area (Å²) in [6.45, 7) is 0.851. The Labute approximate surface area is 123 Å². The van der Waals surface area contributed by atoms with E-state index in [9.17, 15) is 4.79 Å². The Morgan fingerprint density at radius 1 is 1.40 bits per heavy atom. The first kappa shape index (κ1) is 13.0. The monoisotopic (exact) mass is 336 g/mol. The maximum atomic E-state index is 12.0. The predicted molar refractivity (Wildman–Crippen MR) is 76.1 cm³/mol. The van der Waals surface area contributed by atoms with Gasteiger partial charge in [-0.05, 0) is 40.9 Å². The third kappa shape index (κ3) is 2.79. The summed E-state index contributed by atoms with van der Waals surface area (Å²) in [5.74, 6) is 1.30. The number of aromatic nitrogens is 4. The number of hydrogen-bond donors (Lipinski definition) is 2. The topological polar surface area (TPSA) is 84.7 Å². The highest BCUT2D eigenvalue weighted by molar-refractivity contribution is 9.10. The lowest BCUT2D eigenvalue weighted by molar-refractivity contribution is 0.244. The van der Waals surface area contributed by atoms with Crippen LogP contribution in [0, 0.1) is 0 Å². The number of carbonyl (C=O) groups is 1. The van der Waals surface area contributed by atoms with E-state index in [0.717, 1.165) is 29.7 Å². The fourth-order valence-electron chi connectivity index (χ4n) is 2.19. The van der Waals surface area contributed by atoms with Gasteiger partial charge in [0, 0.05) is 17.2 Å². The van der Waals surface area contributed by atoms with Crippen molar-refractivity contribution in [3.05, 3.63) is 35.0 Å². The predicted octanol–water partition coefficient (Wildman–Crippen LogP) is 2.09. The van der Waals surface area contributed by atoms with Gasteiger partial charge in [-0.2, -0.15) is 5.10 Å². The number of nitrogens with zero attached hydrogens (tertiary/aromatic N) is 4. The van der Waals surface area contributed by atoms with Crippen molar-refractivity contribution >= 4 is 27.8 Å². The van der Waals surface area contributed by atoms with E-state index in [1.807, 2.05) is 10.7 Å². The third-order valence-corrected chi connectivity index (χ3v) is 3.56. The molecule has 0 spiro atoms. The molecule has 7 nitrogen and oxygen atoms in total. The number of hydrogen-bond acceptors (Lipinski definition) is 4. The molecular weight excluding hydrogens is 324 g/mol. The molecule has 0 fully saturated rings. The van der Waals surface area contributed by atoms with Crippen LogP contribution in [0.4, 0.5) is 10.6 Å². The Morgan fingerprint density at radius 3 is 3.10 bits per heavy atom. The third-order valence-electron chi connectivity index (χ3n) is 3.09. The number of amides is 2. The van der Waals surface area contributed by atoms with Crippen molar-refractivity contribution in [2.24, 2.45) is 0 Å². The Morgan fingerprint density at radius 2 is 2.30 bits per heavy atom. The van der Waals surface area contributed by atoms with Crippen LogP contribution in [0.3, 0.4) is 0 Å². The van der Waals surface area contributed by atoms with Gasteiger partial charge in [-0.1, -0.05) is 0 Å². The van der Waals surface area contributed by atoms with E-state index < -0.39 is 0 Å². The van der Waals surface area contributed by atoms with Crippen molar-refractivity contribution in [2.75, 3.05) is 5.32 Å². The first-order valence-corrected chi connectivity index (χ1v) is 7.08. The van der Waals surface area contributed by atoms with Crippen molar-refractivity contribution in [1.82, 2.24) is 25.1 Å². The fraction of sp³-hybridized carbons (Fsp3) is 0.333. The minimum atomic E-state index is -0.290. The fourth-order valence-corrected chi connectivity index (χ4v) is 2.42. The molecule has 0 radical (unpaired) electrons. The molecule has 104 valence electrons. The van der Waals surface area contributed by atoms with Gasteiger partial charge in [0.1, 0.15) is 18.0 Å². The Hall–Kier alpha value is -1.96. The average molecular weight is 337 g/mol. The van der Waals surface area contributed by atoms with Crippen molar-refractivity contribution < 1.29 is 4.79 Å². The number of fused-ring (bicyclic) bond motifs is 1. The lowest BCUT2D eigenvalue weighted by atomic mass is 10.1. The SMILES string of the molecule is O=C(Nc1ccc(Br)cn1)N[C@H]1CCCn2ncnc21. The van der Waals surface area contributed by atoms with Gasteiger partial charge < -0.3 is 5.32 Å². The quantitative estimate of drug-likeness (QED) is 0.879. The first-order valence-electron chi connectivity index (χ1n) is 6.29. The minimum Gasteiger partial charge on any atom is -0.328 e. The van der Waals surface area contributed by atoms with E-state index >= 15 is 0 Å². The molecule has 1 atom stereocenters. The summed E-state index contributed by atoms with van der Waals surface area (Å²) in [5, 5.41) is 9.72. The Bertz CT molecular complexity index is 611. The lowest BCUT2D eigenvalue weighted by Crippen LogP contribution is -2.36. The van der Waals surface area contributed by atoms with E-state index in [1.165, 1.54) is 6.33 Å². The molecule has 2 amide bonds. The molecule has 8 heteroatoms. The van der Waals surface area contributed by atoms with Crippen LogP contribution in [0.5, 0.6) is 0 Å². The molecule has 3 heterocycles. The van der Waals surface area contributed by atoms with Gasteiger partial charge in [0.05, 0.1) is 6.04 Å². The number of nitrogens with one attached hydrogen (secondary N) is 2. The van der Waals surface area contributed by atoms with Crippen LogP contribution in [-0.2, 0) is 6.54 Å². The van der Waals surface area contributed by atoms with Crippen LogP contribution < -0.4 is 10.6 Å². The Balaban J connectivity index is 1.64.